The summed E-state index contributed by atoms with van der Waals surface area (Å²) in [6, 6.07) is 2.04. The Labute approximate surface area is 94.8 Å². The fraction of sp³-hybridized carbons (Fsp3) is 0.250. The van der Waals surface area contributed by atoms with E-state index in [1.165, 1.54) is 5.56 Å². The molecule has 16 heavy (non-hydrogen) atoms. The summed E-state index contributed by atoms with van der Waals surface area (Å²) >= 11 is 0. The first-order chi connectivity index (χ1) is 7.83. The van der Waals surface area contributed by atoms with Crippen molar-refractivity contribution < 1.29 is 0 Å². The van der Waals surface area contributed by atoms with Gasteiger partial charge in [-0.1, -0.05) is 0 Å². The summed E-state index contributed by atoms with van der Waals surface area (Å²) in [6.45, 7) is 2.07. The van der Waals surface area contributed by atoms with Gasteiger partial charge in [0.1, 0.15) is 0 Å². The minimum Gasteiger partial charge on any atom is -0.308 e. The standard InChI is InChI=1S/C12H14N4/c1-9-3-4-14-7-10(9)12(13-2)11-8-15-5-6-16-11/h3-8,12-13H,1-2H3. The Kier molecular flexibility index (Phi) is 3.22. The van der Waals surface area contributed by atoms with Gasteiger partial charge in [-0.15, -0.1) is 0 Å². The van der Waals surface area contributed by atoms with Crippen LogP contribution in [0.5, 0.6) is 0 Å². The molecule has 0 bridgehead atoms. The average molecular weight is 214 g/mol. The average Bonchev–Trinajstić information content (AvgIpc) is 2.34. The van der Waals surface area contributed by atoms with Gasteiger partial charge in [0.05, 0.1) is 17.9 Å². The van der Waals surface area contributed by atoms with Crippen molar-refractivity contribution in [1.82, 2.24) is 20.3 Å². The zero-order valence-electron chi connectivity index (χ0n) is 9.38. The highest BCUT2D eigenvalue weighted by molar-refractivity contribution is 5.30. The summed E-state index contributed by atoms with van der Waals surface area (Å²) in [6.07, 6.45) is 8.80. The van der Waals surface area contributed by atoms with E-state index >= 15 is 0 Å². The molecule has 0 aliphatic rings. The number of nitrogens with one attached hydrogen (secondary N) is 1. The number of aryl methyl sites for hydroxylation is 1. The second-order valence-electron chi connectivity index (χ2n) is 3.58. The Morgan fingerprint density at radius 1 is 1.12 bits per heavy atom. The van der Waals surface area contributed by atoms with Crippen molar-refractivity contribution in [3.05, 3.63) is 53.9 Å². The van der Waals surface area contributed by atoms with Gasteiger partial charge in [0.2, 0.25) is 0 Å². The van der Waals surface area contributed by atoms with Crippen LogP contribution in [0.1, 0.15) is 22.9 Å². The van der Waals surface area contributed by atoms with Gasteiger partial charge in [0, 0.05) is 24.8 Å². The Bertz CT molecular complexity index is 456. The first kappa shape index (κ1) is 10.7. The highest BCUT2D eigenvalue weighted by Crippen LogP contribution is 2.21. The van der Waals surface area contributed by atoms with E-state index in [1.54, 1.807) is 24.8 Å². The van der Waals surface area contributed by atoms with E-state index in [0.29, 0.717) is 0 Å². The molecular weight excluding hydrogens is 200 g/mol. The molecule has 0 amide bonds. The number of rotatable bonds is 3. The maximum Gasteiger partial charge on any atom is 0.0802 e. The molecule has 0 aromatic carbocycles. The van der Waals surface area contributed by atoms with Crippen LogP contribution in [0.3, 0.4) is 0 Å². The van der Waals surface area contributed by atoms with Crippen molar-refractivity contribution in [1.29, 1.82) is 0 Å². The topological polar surface area (TPSA) is 50.7 Å². The molecule has 1 atom stereocenters. The van der Waals surface area contributed by atoms with E-state index in [2.05, 4.69) is 27.2 Å². The molecule has 2 rings (SSSR count). The minimum absolute atomic E-state index is 0.0439. The summed E-state index contributed by atoms with van der Waals surface area (Å²) in [5.41, 5.74) is 3.23. The Hall–Kier alpha value is -1.81. The van der Waals surface area contributed by atoms with E-state index in [1.807, 2.05) is 19.3 Å². The van der Waals surface area contributed by atoms with E-state index in [0.717, 1.165) is 11.3 Å². The van der Waals surface area contributed by atoms with Crippen LogP contribution >= 0.6 is 0 Å². The number of pyridine rings is 1. The Morgan fingerprint density at radius 2 is 1.94 bits per heavy atom. The molecule has 0 saturated carbocycles. The van der Waals surface area contributed by atoms with Gasteiger partial charge in [-0.2, -0.15) is 0 Å². The minimum atomic E-state index is 0.0439. The van der Waals surface area contributed by atoms with Crippen LogP contribution in [-0.4, -0.2) is 22.0 Å². The lowest BCUT2D eigenvalue weighted by atomic mass is 10.0. The lowest BCUT2D eigenvalue weighted by Crippen LogP contribution is -2.20. The molecular formula is C12H14N4. The smallest absolute Gasteiger partial charge is 0.0802 e. The predicted molar refractivity (Wildman–Crippen MR) is 61.9 cm³/mol. The number of hydrogen-bond acceptors (Lipinski definition) is 4. The summed E-state index contributed by atoms with van der Waals surface area (Å²) in [5, 5.41) is 3.23. The van der Waals surface area contributed by atoms with Gasteiger partial charge in [-0.25, -0.2) is 0 Å². The van der Waals surface area contributed by atoms with Crippen molar-refractivity contribution in [3.8, 4) is 0 Å². The quantitative estimate of drug-likeness (QED) is 0.841. The van der Waals surface area contributed by atoms with Crippen LogP contribution in [-0.2, 0) is 0 Å². The van der Waals surface area contributed by atoms with Crippen LogP contribution < -0.4 is 5.32 Å². The zero-order chi connectivity index (χ0) is 11.4. The molecule has 0 radical (unpaired) electrons. The van der Waals surface area contributed by atoms with Crippen LogP contribution in [0.2, 0.25) is 0 Å². The first-order valence-corrected chi connectivity index (χ1v) is 5.16. The number of nitrogens with zero attached hydrogens (tertiary/aromatic N) is 3. The molecule has 2 aromatic heterocycles. The van der Waals surface area contributed by atoms with Gasteiger partial charge in [0.25, 0.3) is 0 Å². The van der Waals surface area contributed by atoms with Gasteiger partial charge >= 0.3 is 0 Å². The van der Waals surface area contributed by atoms with Crippen LogP contribution in [0.4, 0.5) is 0 Å². The molecule has 4 heteroatoms. The fourth-order valence-electron chi connectivity index (χ4n) is 1.70. The first-order valence-electron chi connectivity index (χ1n) is 5.16. The lowest BCUT2D eigenvalue weighted by Gasteiger charge is -2.17. The summed E-state index contributed by atoms with van der Waals surface area (Å²) in [4.78, 5) is 12.6. The third-order valence-corrected chi connectivity index (χ3v) is 2.56. The van der Waals surface area contributed by atoms with Crippen molar-refractivity contribution in [2.45, 2.75) is 13.0 Å². The summed E-state index contributed by atoms with van der Waals surface area (Å²) in [5.74, 6) is 0. The molecule has 1 N–H and O–H groups in total. The van der Waals surface area contributed by atoms with Crippen molar-refractivity contribution >= 4 is 0 Å². The number of aromatic nitrogens is 3. The maximum atomic E-state index is 4.31. The molecule has 0 spiro atoms. The highest BCUT2D eigenvalue weighted by atomic mass is 14.9. The highest BCUT2D eigenvalue weighted by Gasteiger charge is 2.15. The van der Waals surface area contributed by atoms with Crippen molar-refractivity contribution in [3.63, 3.8) is 0 Å². The van der Waals surface area contributed by atoms with E-state index in [-0.39, 0.29) is 6.04 Å². The van der Waals surface area contributed by atoms with Gasteiger partial charge in [0.15, 0.2) is 0 Å². The van der Waals surface area contributed by atoms with Crippen LogP contribution in [0.15, 0.2) is 37.1 Å². The Morgan fingerprint density at radius 3 is 2.56 bits per heavy atom. The largest absolute Gasteiger partial charge is 0.308 e. The van der Waals surface area contributed by atoms with Crippen LogP contribution in [0.25, 0.3) is 0 Å². The van der Waals surface area contributed by atoms with E-state index < -0.39 is 0 Å². The fourth-order valence-corrected chi connectivity index (χ4v) is 1.70. The molecule has 2 aromatic rings. The van der Waals surface area contributed by atoms with E-state index in [4.69, 9.17) is 0 Å². The maximum absolute atomic E-state index is 4.31. The SMILES string of the molecule is CNC(c1cnccn1)c1cnccc1C. The van der Waals surface area contributed by atoms with Crippen LogP contribution in [0, 0.1) is 6.92 Å². The third-order valence-electron chi connectivity index (χ3n) is 2.56. The van der Waals surface area contributed by atoms with Gasteiger partial charge in [-0.05, 0) is 31.2 Å². The molecule has 1 unspecified atom stereocenters. The second-order valence-corrected chi connectivity index (χ2v) is 3.58. The monoisotopic (exact) mass is 214 g/mol. The molecule has 0 aliphatic heterocycles. The normalized spacial score (nSPS) is 12.4. The predicted octanol–water partition coefficient (Wildman–Crippen LogP) is 1.49. The second kappa shape index (κ2) is 4.81. The van der Waals surface area contributed by atoms with Gasteiger partial charge in [-0.3, -0.25) is 15.0 Å². The van der Waals surface area contributed by atoms with E-state index in [9.17, 15) is 0 Å². The number of hydrogen-bond donors (Lipinski definition) is 1. The Balaban J connectivity index is 2.41. The molecule has 4 nitrogen and oxygen atoms in total. The third kappa shape index (κ3) is 2.06. The molecule has 82 valence electrons. The van der Waals surface area contributed by atoms with Crippen molar-refractivity contribution in [2.75, 3.05) is 7.05 Å². The summed E-state index contributed by atoms with van der Waals surface area (Å²) in [7, 11) is 1.91. The van der Waals surface area contributed by atoms with Crippen molar-refractivity contribution in [2.24, 2.45) is 0 Å². The summed E-state index contributed by atoms with van der Waals surface area (Å²) < 4.78 is 0. The zero-order valence-corrected chi connectivity index (χ0v) is 9.38. The molecule has 2 heterocycles. The molecule has 0 aliphatic carbocycles. The molecule has 0 fully saturated rings. The lowest BCUT2D eigenvalue weighted by molar-refractivity contribution is 0.660. The molecule has 0 saturated heterocycles. The van der Waals surface area contributed by atoms with Gasteiger partial charge < -0.3 is 5.32 Å².